The van der Waals surface area contributed by atoms with Crippen LogP contribution < -0.4 is 10.1 Å². The molecule has 0 spiro atoms. The molecule has 0 bridgehead atoms. The van der Waals surface area contributed by atoms with Gasteiger partial charge in [-0.05, 0) is 49.2 Å². The van der Waals surface area contributed by atoms with E-state index in [0.717, 1.165) is 23.1 Å². The Morgan fingerprint density at radius 2 is 2.10 bits per heavy atom. The molecule has 1 aromatic heterocycles. The number of benzene rings is 1. The van der Waals surface area contributed by atoms with Crippen LogP contribution in [0.25, 0.3) is 0 Å². The van der Waals surface area contributed by atoms with Crippen molar-refractivity contribution >= 4 is 0 Å². The topological polar surface area (TPSA) is 34.1 Å². The molecule has 2 rings (SSSR count). The van der Waals surface area contributed by atoms with Crippen LogP contribution in [-0.4, -0.2) is 19.1 Å². The minimum absolute atomic E-state index is 0.0552. The molecule has 20 heavy (non-hydrogen) atoms. The fraction of sp³-hybridized carbons (Fsp3) is 0.312. The average molecular weight is 274 g/mol. The molecule has 3 nitrogen and oxygen atoms in total. The highest BCUT2D eigenvalue weighted by Crippen LogP contribution is 2.21. The Morgan fingerprint density at radius 3 is 2.65 bits per heavy atom. The average Bonchev–Trinajstić information content (AvgIpc) is 2.44. The normalized spacial score (nSPS) is 12.2. The number of aryl methyl sites for hydroxylation is 1. The van der Waals surface area contributed by atoms with Gasteiger partial charge >= 0.3 is 0 Å². The lowest BCUT2D eigenvalue weighted by Crippen LogP contribution is -2.19. The second-order valence-electron chi connectivity index (χ2n) is 4.82. The predicted octanol–water partition coefficient (Wildman–Crippen LogP) is 3.04. The number of aromatic nitrogens is 1. The number of likely N-dealkylation sites (N-methyl/N-ethyl adjacent to an activating group) is 1. The summed E-state index contributed by atoms with van der Waals surface area (Å²) in [5, 5.41) is 3.22. The molecule has 0 aliphatic rings. The quantitative estimate of drug-likeness (QED) is 0.910. The third kappa shape index (κ3) is 3.54. The van der Waals surface area contributed by atoms with Gasteiger partial charge in [0, 0.05) is 18.3 Å². The Hall–Kier alpha value is -1.94. The SMILES string of the molecule is CNC(Cc1ccc(OC)nc1)c1cc(C)cc(F)c1. The van der Waals surface area contributed by atoms with Gasteiger partial charge in [-0.15, -0.1) is 0 Å². The first kappa shape index (κ1) is 14.5. The zero-order valence-electron chi connectivity index (χ0n) is 12.0. The Morgan fingerprint density at radius 1 is 1.30 bits per heavy atom. The molecular weight excluding hydrogens is 255 g/mol. The number of nitrogens with zero attached hydrogens (tertiary/aromatic N) is 1. The van der Waals surface area contributed by atoms with Crippen molar-refractivity contribution in [2.75, 3.05) is 14.2 Å². The summed E-state index contributed by atoms with van der Waals surface area (Å²) < 4.78 is 18.5. The molecule has 2 aromatic rings. The van der Waals surface area contributed by atoms with E-state index in [4.69, 9.17) is 4.74 Å². The lowest BCUT2D eigenvalue weighted by atomic mass is 9.98. The zero-order valence-corrected chi connectivity index (χ0v) is 12.0. The van der Waals surface area contributed by atoms with E-state index in [2.05, 4.69) is 10.3 Å². The number of ether oxygens (including phenoxy) is 1. The zero-order chi connectivity index (χ0) is 14.5. The van der Waals surface area contributed by atoms with Gasteiger partial charge in [-0.2, -0.15) is 0 Å². The Balaban J connectivity index is 2.19. The summed E-state index contributed by atoms with van der Waals surface area (Å²) in [6, 6.07) is 8.97. The molecule has 0 radical (unpaired) electrons. The van der Waals surface area contributed by atoms with Gasteiger partial charge in [0.15, 0.2) is 0 Å². The summed E-state index contributed by atoms with van der Waals surface area (Å²) in [6.45, 7) is 1.90. The molecule has 0 aliphatic heterocycles. The molecule has 0 saturated heterocycles. The fourth-order valence-corrected chi connectivity index (χ4v) is 2.24. The smallest absolute Gasteiger partial charge is 0.212 e. The number of pyridine rings is 1. The summed E-state index contributed by atoms with van der Waals surface area (Å²) in [4.78, 5) is 4.19. The van der Waals surface area contributed by atoms with E-state index in [1.54, 1.807) is 19.4 Å². The van der Waals surface area contributed by atoms with Crippen LogP contribution in [0, 0.1) is 12.7 Å². The fourth-order valence-electron chi connectivity index (χ4n) is 2.24. The van der Waals surface area contributed by atoms with Gasteiger partial charge in [-0.1, -0.05) is 12.1 Å². The number of hydrogen-bond acceptors (Lipinski definition) is 3. The highest BCUT2D eigenvalue weighted by Gasteiger charge is 2.12. The molecule has 0 saturated carbocycles. The molecule has 1 N–H and O–H groups in total. The standard InChI is InChI=1S/C16H19FN2O/c1-11-6-13(9-14(17)7-11)15(18-2)8-12-4-5-16(20-3)19-10-12/h4-7,9-10,15,18H,8H2,1-3H3. The lowest BCUT2D eigenvalue weighted by molar-refractivity contribution is 0.397. The van der Waals surface area contributed by atoms with Gasteiger partial charge in [0.1, 0.15) is 5.82 Å². The molecule has 1 unspecified atom stereocenters. The van der Waals surface area contributed by atoms with Crippen LogP contribution in [-0.2, 0) is 6.42 Å². The Labute approximate surface area is 118 Å². The van der Waals surface area contributed by atoms with Crippen LogP contribution in [0.15, 0.2) is 36.5 Å². The van der Waals surface area contributed by atoms with Crippen LogP contribution in [0.1, 0.15) is 22.7 Å². The van der Waals surface area contributed by atoms with Gasteiger partial charge < -0.3 is 10.1 Å². The third-order valence-corrected chi connectivity index (χ3v) is 3.26. The highest BCUT2D eigenvalue weighted by molar-refractivity contribution is 5.28. The second kappa shape index (κ2) is 6.48. The lowest BCUT2D eigenvalue weighted by Gasteiger charge is -2.17. The maximum absolute atomic E-state index is 13.5. The van der Waals surface area contributed by atoms with Crippen molar-refractivity contribution in [3.05, 3.63) is 59.0 Å². The van der Waals surface area contributed by atoms with Gasteiger partial charge in [0.05, 0.1) is 7.11 Å². The van der Waals surface area contributed by atoms with Crippen LogP contribution >= 0.6 is 0 Å². The van der Waals surface area contributed by atoms with E-state index >= 15 is 0 Å². The monoisotopic (exact) mass is 274 g/mol. The van der Waals surface area contributed by atoms with E-state index in [1.807, 2.05) is 32.2 Å². The molecule has 106 valence electrons. The Kier molecular flexibility index (Phi) is 4.69. The predicted molar refractivity (Wildman–Crippen MR) is 77.4 cm³/mol. The number of nitrogens with one attached hydrogen (secondary N) is 1. The first-order valence-electron chi connectivity index (χ1n) is 6.55. The maximum atomic E-state index is 13.5. The largest absolute Gasteiger partial charge is 0.481 e. The van der Waals surface area contributed by atoms with Crippen molar-refractivity contribution in [1.29, 1.82) is 0 Å². The molecule has 1 aromatic carbocycles. The van der Waals surface area contributed by atoms with Crippen LogP contribution in [0.2, 0.25) is 0 Å². The molecule has 4 heteroatoms. The van der Waals surface area contributed by atoms with Crippen LogP contribution in [0.3, 0.4) is 0 Å². The molecule has 0 fully saturated rings. The first-order chi connectivity index (χ1) is 9.62. The molecule has 0 aliphatic carbocycles. The second-order valence-corrected chi connectivity index (χ2v) is 4.82. The van der Waals surface area contributed by atoms with Crippen molar-refractivity contribution in [2.24, 2.45) is 0 Å². The third-order valence-electron chi connectivity index (χ3n) is 3.26. The van der Waals surface area contributed by atoms with E-state index in [1.165, 1.54) is 6.07 Å². The van der Waals surface area contributed by atoms with E-state index in [0.29, 0.717) is 5.88 Å². The minimum Gasteiger partial charge on any atom is -0.481 e. The van der Waals surface area contributed by atoms with E-state index in [-0.39, 0.29) is 11.9 Å². The summed E-state index contributed by atoms with van der Waals surface area (Å²) >= 11 is 0. The highest BCUT2D eigenvalue weighted by atomic mass is 19.1. The number of methoxy groups -OCH3 is 1. The molecule has 1 heterocycles. The minimum atomic E-state index is -0.201. The van der Waals surface area contributed by atoms with Gasteiger partial charge in [-0.25, -0.2) is 9.37 Å². The summed E-state index contributed by atoms with van der Waals surface area (Å²) in [5.74, 6) is 0.393. The van der Waals surface area contributed by atoms with Crippen LogP contribution in [0.4, 0.5) is 4.39 Å². The number of halogens is 1. The number of rotatable bonds is 5. The van der Waals surface area contributed by atoms with Gasteiger partial charge in [0.25, 0.3) is 0 Å². The van der Waals surface area contributed by atoms with E-state index < -0.39 is 0 Å². The number of hydrogen-bond donors (Lipinski definition) is 1. The van der Waals surface area contributed by atoms with Crippen molar-refractivity contribution in [3.63, 3.8) is 0 Å². The first-order valence-corrected chi connectivity index (χ1v) is 6.55. The Bertz CT molecular complexity index is 549. The van der Waals surface area contributed by atoms with E-state index in [9.17, 15) is 4.39 Å². The summed E-state index contributed by atoms with van der Waals surface area (Å²) in [6.07, 6.45) is 2.53. The summed E-state index contributed by atoms with van der Waals surface area (Å²) in [5.41, 5.74) is 2.95. The maximum Gasteiger partial charge on any atom is 0.212 e. The van der Waals surface area contributed by atoms with Gasteiger partial charge in [-0.3, -0.25) is 0 Å². The van der Waals surface area contributed by atoms with Crippen LogP contribution in [0.5, 0.6) is 5.88 Å². The van der Waals surface area contributed by atoms with Crippen molar-refractivity contribution in [1.82, 2.24) is 10.3 Å². The molecule has 1 atom stereocenters. The molecule has 0 amide bonds. The van der Waals surface area contributed by atoms with Crippen molar-refractivity contribution < 1.29 is 9.13 Å². The summed E-state index contributed by atoms with van der Waals surface area (Å²) in [7, 11) is 3.47. The van der Waals surface area contributed by atoms with Gasteiger partial charge in [0.2, 0.25) is 5.88 Å². The van der Waals surface area contributed by atoms with Crippen molar-refractivity contribution in [2.45, 2.75) is 19.4 Å². The van der Waals surface area contributed by atoms with Crippen molar-refractivity contribution in [3.8, 4) is 5.88 Å². The molecular formula is C16H19FN2O.